The molecule has 2 rings (SSSR count). The molecule has 0 radical (unpaired) electrons. The Balaban J connectivity index is 2.39. The molecule has 2 aromatic rings. The number of aryl methyl sites for hydroxylation is 1. The molecule has 0 aliphatic rings. The van der Waals surface area contributed by atoms with Crippen LogP contribution in [0.2, 0.25) is 0 Å². The number of nitrogens with zero attached hydrogens (tertiary/aromatic N) is 3. The summed E-state index contributed by atoms with van der Waals surface area (Å²) >= 11 is 0. The van der Waals surface area contributed by atoms with Crippen LogP contribution >= 0.6 is 0 Å². The second-order valence-corrected chi connectivity index (χ2v) is 3.70. The highest BCUT2D eigenvalue weighted by molar-refractivity contribution is 5.69. The fourth-order valence-corrected chi connectivity index (χ4v) is 1.57. The highest BCUT2D eigenvalue weighted by Gasteiger charge is 2.08. The van der Waals surface area contributed by atoms with Crippen LogP contribution in [0.3, 0.4) is 0 Å². The third kappa shape index (κ3) is 1.95. The van der Waals surface area contributed by atoms with E-state index in [-0.39, 0.29) is 0 Å². The molecule has 0 atom stereocenters. The van der Waals surface area contributed by atoms with Crippen LogP contribution in [0.5, 0.6) is 0 Å². The van der Waals surface area contributed by atoms with Crippen LogP contribution in [0.15, 0.2) is 36.8 Å². The van der Waals surface area contributed by atoms with Crippen molar-refractivity contribution in [3.8, 4) is 0 Å². The molecule has 0 fully saturated rings. The van der Waals surface area contributed by atoms with Crippen molar-refractivity contribution in [2.24, 2.45) is 0 Å². The van der Waals surface area contributed by atoms with Gasteiger partial charge in [0.15, 0.2) is 5.82 Å². The lowest BCUT2D eigenvalue weighted by Gasteiger charge is -2.19. The van der Waals surface area contributed by atoms with E-state index in [4.69, 9.17) is 5.73 Å². The molecule has 4 nitrogen and oxygen atoms in total. The van der Waals surface area contributed by atoms with E-state index in [9.17, 15) is 0 Å². The molecule has 16 heavy (non-hydrogen) atoms. The Bertz CT molecular complexity index is 496. The fourth-order valence-electron chi connectivity index (χ4n) is 1.57. The number of rotatable bonds is 2. The molecule has 82 valence electrons. The largest absolute Gasteiger partial charge is 0.394 e. The smallest absolute Gasteiger partial charge is 0.159 e. The number of benzene rings is 1. The van der Waals surface area contributed by atoms with E-state index in [2.05, 4.69) is 29.0 Å². The summed E-state index contributed by atoms with van der Waals surface area (Å²) in [5.41, 5.74) is 8.67. The number of nitrogens with two attached hydrogens (primary N) is 1. The lowest BCUT2D eigenvalue weighted by molar-refractivity contribution is 1.08. The Labute approximate surface area is 94.8 Å². The summed E-state index contributed by atoms with van der Waals surface area (Å²) in [5.74, 6) is 0.723. The van der Waals surface area contributed by atoms with Gasteiger partial charge in [-0.25, -0.2) is 9.97 Å². The van der Waals surface area contributed by atoms with Gasteiger partial charge in [-0.3, -0.25) is 0 Å². The number of hydrogen-bond acceptors (Lipinski definition) is 4. The van der Waals surface area contributed by atoms with Crippen molar-refractivity contribution in [2.45, 2.75) is 6.92 Å². The van der Waals surface area contributed by atoms with Crippen LogP contribution in [-0.4, -0.2) is 17.0 Å². The summed E-state index contributed by atoms with van der Waals surface area (Å²) in [6.07, 6.45) is 3.10. The van der Waals surface area contributed by atoms with Gasteiger partial charge in [-0.05, 0) is 24.6 Å². The Hall–Kier alpha value is -2.10. The van der Waals surface area contributed by atoms with E-state index in [0.717, 1.165) is 11.5 Å². The minimum absolute atomic E-state index is 0.575. The van der Waals surface area contributed by atoms with Gasteiger partial charge in [0.1, 0.15) is 6.33 Å². The summed E-state index contributed by atoms with van der Waals surface area (Å²) in [6.45, 7) is 2.06. The zero-order valence-electron chi connectivity index (χ0n) is 9.38. The molecule has 0 saturated heterocycles. The topological polar surface area (TPSA) is 55.0 Å². The van der Waals surface area contributed by atoms with Crippen molar-refractivity contribution in [3.63, 3.8) is 0 Å². The standard InChI is InChI=1S/C12H14N4/c1-9-4-3-5-10(6-9)16(2)12-11(13)7-14-8-15-12/h3-8H,13H2,1-2H3. The maximum atomic E-state index is 5.83. The van der Waals surface area contributed by atoms with Gasteiger partial charge in [0, 0.05) is 12.7 Å². The monoisotopic (exact) mass is 214 g/mol. The Morgan fingerprint density at radius 1 is 1.31 bits per heavy atom. The van der Waals surface area contributed by atoms with Crippen molar-refractivity contribution >= 4 is 17.2 Å². The van der Waals surface area contributed by atoms with Gasteiger partial charge in [0.25, 0.3) is 0 Å². The first kappa shape index (κ1) is 10.4. The SMILES string of the molecule is Cc1cccc(N(C)c2ncncc2N)c1. The minimum Gasteiger partial charge on any atom is -0.394 e. The highest BCUT2D eigenvalue weighted by atomic mass is 15.2. The van der Waals surface area contributed by atoms with E-state index >= 15 is 0 Å². The number of aromatic nitrogens is 2. The van der Waals surface area contributed by atoms with E-state index in [0.29, 0.717) is 5.69 Å². The molecule has 0 spiro atoms. The van der Waals surface area contributed by atoms with Gasteiger partial charge < -0.3 is 10.6 Å². The molecule has 4 heteroatoms. The van der Waals surface area contributed by atoms with Gasteiger partial charge in [-0.1, -0.05) is 12.1 Å². The molecular weight excluding hydrogens is 200 g/mol. The van der Waals surface area contributed by atoms with Gasteiger partial charge in [0.05, 0.1) is 11.9 Å². The van der Waals surface area contributed by atoms with E-state index < -0.39 is 0 Å². The molecule has 0 bridgehead atoms. The quantitative estimate of drug-likeness (QED) is 0.832. The molecule has 0 unspecified atom stereocenters. The van der Waals surface area contributed by atoms with Crippen molar-refractivity contribution in [3.05, 3.63) is 42.4 Å². The maximum Gasteiger partial charge on any atom is 0.159 e. The van der Waals surface area contributed by atoms with Crippen molar-refractivity contribution in [2.75, 3.05) is 17.7 Å². The van der Waals surface area contributed by atoms with Crippen LogP contribution in [0.4, 0.5) is 17.2 Å². The zero-order valence-corrected chi connectivity index (χ0v) is 9.38. The first-order valence-corrected chi connectivity index (χ1v) is 5.04. The summed E-state index contributed by atoms with van der Waals surface area (Å²) < 4.78 is 0. The average Bonchev–Trinajstić information content (AvgIpc) is 2.29. The van der Waals surface area contributed by atoms with Crippen molar-refractivity contribution < 1.29 is 0 Å². The summed E-state index contributed by atoms with van der Waals surface area (Å²) in [5, 5.41) is 0. The molecule has 1 aromatic heterocycles. The normalized spacial score (nSPS) is 10.1. The second kappa shape index (κ2) is 4.18. The van der Waals surface area contributed by atoms with Crippen molar-refractivity contribution in [1.29, 1.82) is 0 Å². The Morgan fingerprint density at radius 3 is 2.81 bits per heavy atom. The molecule has 0 amide bonds. The fraction of sp³-hybridized carbons (Fsp3) is 0.167. The average molecular weight is 214 g/mol. The maximum absolute atomic E-state index is 5.83. The lowest BCUT2D eigenvalue weighted by Crippen LogP contribution is -2.13. The molecule has 1 aromatic carbocycles. The van der Waals surface area contributed by atoms with Gasteiger partial charge in [0.2, 0.25) is 0 Å². The third-order valence-electron chi connectivity index (χ3n) is 2.43. The third-order valence-corrected chi connectivity index (χ3v) is 2.43. The van der Waals surface area contributed by atoms with Gasteiger partial charge in [-0.15, -0.1) is 0 Å². The number of hydrogen-bond donors (Lipinski definition) is 1. The molecular formula is C12H14N4. The minimum atomic E-state index is 0.575. The predicted octanol–water partition coefficient (Wildman–Crippen LogP) is 2.14. The van der Waals surface area contributed by atoms with Crippen LogP contribution < -0.4 is 10.6 Å². The van der Waals surface area contributed by atoms with Crippen LogP contribution in [-0.2, 0) is 0 Å². The Kier molecular flexibility index (Phi) is 2.72. The molecule has 0 aliphatic heterocycles. The lowest BCUT2D eigenvalue weighted by atomic mass is 10.2. The molecule has 2 N–H and O–H groups in total. The molecule has 1 heterocycles. The highest BCUT2D eigenvalue weighted by Crippen LogP contribution is 2.25. The van der Waals surface area contributed by atoms with Crippen LogP contribution in [0.25, 0.3) is 0 Å². The van der Waals surface area contributed by atoms with E-state index in [1.165, 1.54) is 11.9 Å². The predicted molar refractivity (Wildman–Crippen MR) is 65.7 cm³/mol. The van der Waals surface area contributed by atoms with Gasteiger partial charge >= 0.3 is 0 Å². The number of anilines is 3. The first-order valence-electron chi connectivity index (χ1n) is 5.04. The molecule has 0 aliphatic carbocycles. The first-order chi connectivity index (χ1) is 7.68. The summed E-state index contributed by atoms with van der Waals surface area (Å²) in [7, 11) is 1.94. The summed E-state index contributed by atoms with van der Waals surface area (Å²) in [6, 6.07) is 8.18. The Morgan fingerprint density at radius 2 is 2.12 bits per heavy atom. The zero-order chi connectivity index (χ0) is 11.5. The number of nitrogen functional groups attached to an aromatic ring is 1. The molecule has 0 saturated carbocycles. The summed E-state index contributed by atoms with van der Waals surface area (Å²) in [4.78, 5) is 10.00. The van der Waals surface area contributed by atoms with Crippen LogP contribution in [0, 0.1) is 6.92 Å². The van der Waals surface area contributed by atoms with Crippen molar-refractivity contribution in [1.82, 2.24) is 9.97 Å². The van der Waals surface area contributed by atoms with Crippen LogP contribution in [0.1, 0.15) is 5.56 Å². The van der Waals surface area contributed by atoms with Gasteiger partial charge in [-0.2, -0.15) is 0 Å². The second-order valence-electron chi connectivity index (χ2n) is 3.70. The van der Waals surface area contributed by atoms with E-state index in [1.54, 1.807) is 6.20 Å². The van der Waals surface area contributed by atoms with E-state index in [1.807, 2.05) is 24.1 Å².